The molecule has 2 N–H and O–H groups in total. The first-order chi connectivity index (χ1) is 8.94. The lowest BCUT2D eigenvalue weighted by Crippen LogP contribution is -2.27. The summed E-state index contributed by atoms with van der Waals surface area (Å²) in [6.07, 6.45) is 5.31. The highest BCUT2D eigenvalue weighted by molar-refractivity contribution is 5.59. The number of hydrogen-bond donors (Lipinski definition) is 2. The quantitative estimate of drug-likeness (QED) is 0.884. The predicted octanol–water partition coefficient (Wildman–Crippen LogP) is 3.13. The molecule has 0 fully saturated rings. The van der Waals surface area contributed by atoms with Crippen LogP contribution in [0, 0.1) is 6.92 Å². The minimum atomic E-state index is -0.0686. The zero-order chi connectivity index (χ0) is 13.9. The van der Waals surface area contributed by atoms with Crippen molar-refractivity contribution in [3.05, 3.63) is 36.3 Å². The van der Waals surface area contributed by atoms with Crippen molar-refractivity contribution in [3.63, 3.8) is 0 Å². The molecule has 0 unspecified atom stereocenters. The van der Waals surface area contributed by atoms with E-state index in [1.807, 2.05) is 19.1 Å². The standard InChI is InChI=1S/C14H19N5/c1-10-8-16-13(19-14(2,3)4)18-12(10)17-11-6-5-7-15-9-11/h5-9H,1-4H3,(H2,16,17,18,19). The number of rotatable bonds is 3. The molecular formula is C14H19N5. The first kappa shape index (κ1) is 13.3. The van der Waals surface area contributed by atoms with Crippen molar-refractivity contribution in [1.82, 2.24) is 15.0 Å². The van der Waals surface area contributed by atoms with Gasteiger partial charge in [-0.25, -0.2) is 4.98 Å². The van der Waals surface area contributed by atoms with Gasteiger partial charge in [0.25, 0.3) is 0 Å². The molecule has 0 atom stereocenters. The normalized spacial score (nSPS) is 11.2. The minimum absolute atomic E-state index is 0.0686. The van der Waals surface area contributed by atoms with Crippen LogP contribution in [0.1, 0.15) is 26.3 Å². The second-order valence-corrected chi connectivity index (χ2v) is 5.47. The van der Waals surface area contributed by atoms with Crippen LogP contribution in [0.4, 0.5) is 17.5 Å². The highest BCUT2D eigenvalue weighted by Gasteiger charge is 2.12. The summed E-state index contributed by atoms with van der Waals surface area (Å²) >= 11 is 0. The Bertz CT molecular complexity index is 546. The molecule has 2 aromatic heterocycles. The number of pyridine rings is 1. The lowest BCUT2D eigenvalue weighted by atomic mass is 10.1. The second kappa shape index (κ2) is 5.22. The van der Waals surface area contributed by atoms with Gasteiger partial charge in [0, 0.05) is 23.5 Å². The van der Waals surface area contributed by atoms with Gasteiger partial charge >= 0.3 is 0 Å². The maximum absolute atomic E-state index is 4.49. The molecule has 5 nitrogen and oxygen atoms in total. The summed E-state index contributed by atoms with van der Waals surface area (Å²) in [6, 6.07) is 3.83. The van der Waals surface area contributed by atoms with E-state index in [1.54, 1.807) is 18.6 Å². The van der Waals surface area contributed by atoms with Crippen LogP contribution in [-0.4, -0.2) is 20.5 Å². The van der Waals surface area contributed by atoms with Gasteiger partial charge in [-0.05, 0) is 39.8 Å². The molecule has 2 aromatic rings. The second-order valence-electron chi connectivity index (χ2n) is 5.47. The summed E-state index contributed by atoms with van der Waals surface area (Å²) in [7, 11) is 0. The molecule has 0 bridgehead atoms. The van der Waals surface area contributed by atoms with Crippen molar-refractivity contribution in [3.8, 4) is 0 Å². The molecule has 2 heterocycles. The van der Waals surface area contributed by atoms with Gasteiger partial charge < -0.3 is 10.6 Å². The van der Waals surface area contributed by atoms with Gasteiger partial charge in [-0.3, -0.25) is 4.98 Å². The fraction of sp³-hybridized carbons (Fsp3) is 0.357. The van der Waals surface area contributed by atoms with Crippen LogP contribution < -0.4 is 10.6 Å². The highest BCUT2D eigenvalue weighted by atomic mass is 15.2. The molecule has 19 heavy (non-hydrogen) atoms. The van der Waals surface area contributed by atoms with Crippen LogP contribution in [-0.2, 0) is 0 Å². The summed E-state index contributed by atoms with van der Waals surface area (Å²) in [6.45, 7) is 8.19. The molecule has 0 aliphatic heterocycles. The van der Waals surface area contributed by atoms with Gasteiger partial charge in [0.05, 0.1) is 11.9 Å². The van der Waals surface area contributed by atoms with E-state index in [0.717, 1.165) is 17.1 Å². The summed E-state index contributed by atoms with van der Waals surface area (Å²) in [5.74, 6) is 1.40. The summed E-state index contributed by atoms with van der Waals surface area (Å²) < 4.78 is 0. The van der Waals surface area contributed by atoms with Crippen molar-refractivity contribution in [1.29, 1.82) is 0 Å². The van der Waals surface area contributed by atoms with Gasteiger partial charge in [-0.1, -0.05) is 0 Å². The van der Waals surface area contributed by atoms with Crippen LogP contribution in [0.3, 0.4) is 0 Å². The van der Waals surface area contributed by atoms with Crippen molar-refractivity contribution >= 4 is 17.5 Å². The first-order valence-corrected chi connectivity index (χ1v) is 6.23. The Morgan fingerprint density at radius 1 is 1.16 bits per heavy atom. The number of nitrogens with one attached hydrogen (secondary N) is 2. The molecule has 0 aliphatic carbocycles. The minimum Gasteiger partial charge on any atom is -0.350 e. The molecule has 0 saturated carbocycles. The highest BCUT2D eigenvalue weighted by Crippen LogP contribution is 2.19. The third kappa shape index (κ3) is 3.91. The van der Waals surface area contributed by atoms with Crippen molar-refractivity contribution in [2.45, 2.75) is 33.2 Å². The molecule has 0 saturated heterocycles. The Morgan fingerprint density at radius 2 is 1.95 bits per heavy atom. The zero-order valence-corrected chi connectivity index (χ0v) is 11.7. The molecule has 0 spiro atoms. The fourth-order valence-corrected chi connectivity index (χ4v) is 1.54. The van der Waals surface area contributed by atoms with Crippen LogP contribution in [0.2, 0.25) is 0 Å². The number of hydrogen-bond acceptors (Lipinski definition) is 5. The molecule has 100 valence electrons. The van der Waals surface area contributed by atoms with E-state index >= 15 is 0 Å². The Morgan fingerprint density at radius 3 is 2.58 bits per heavy atom. The molecule has 0 aliphatic rings. The SMILES string of the molecule is Cc1cnc(NC(C)(C)C)nc1Nc1cccnc1. The molecule has 5 heteroatoms. The summed E-state index contributed by atoms with van der Waals surface area (Å²) in [5, 5.41) is 6.50. The smallest absolute Gasteiger partial charge is 0.225 e. The van der Waals surface area contributed by atoms with E-state index in [2.05, 4.69) is 46.4 Å². The Labute approximate surface area is 113 Å². The number of anilines is 3. The van der Waals surface area contributed by atoms with Crippen LogP contribution in [0.5, 0.6) is 0 Å². The van der Waals surface area contributed by atoms with E-state index in [9.17, 15) is 0 Å². The van der Waals surface area contributed by atoms with Gasteiger partial charge in [0.1, 0.15) is 5.82 Å². The van der Waals surface area contributed by atoms with E-state index < -0.39 is 0 Å². The van der Waals surface area contributed by atoms with Crippen LogP contribution >= 0.6 is 0 Å². The lowest BCUT2D eigenvalue weighted by molar-refractivity contribution is 0.626. The fourth-order valence-electron chi connectivity index (χ4n) is 1.54. The van der Waals surface area contributed by atoms with E-state index in [1.165, 1.54) is 0 Å². The van der Waals surface area contributed by atoms with E-state index in [4.69, 9.17) is 0 Å². The summed E-state index contributed by atoms with van der Waals surface area (Å²) in [5.41, 5.74) is 1.83. The zero-order valence-electron chi connectivity index (χ0n) is 11.7. The average molecular weight is 257 g/mol. The molecule has 0 amide bonds. The lowest BCUT2D eigenvalue weighted by Gasteiger charge is -2.21. The maximum Gasteiger partial charge on any atom is 0.225 e. The largest absolute Gasteiger partial charge is 0.350 e. The maximum atomic E-state index is 4.49. The monoisotopic (exact) mass is 257 g/mol. The average Bonchev–Trinajstić information content (AvgIpc) is 2.33. The predicted molar refractivity (Wildman–Crippen MR) is 77.7 cm³/mol. The number of aromatic nitrogens is 3. The third-order valence-corrected chi connectivity index (χ3v) is 2.38. The molecule has 0 aromatic carbocycles. The summed E-state index contributed by atoms with van der Waals surface area (Å²) in [4.78, 5) is 12.9. The Hall–Kier alpha value is -2.17. The number of aryl methyl sites for hydroxylation is 1. The van der Waals surface area contributed by atoms with Crippen molar-refractivity contribution < 1.29 is 0 Å². The van der Waals surface area contributed by atoms with E-state index in [0.29, 0.717) is 5.95 Å². The third-order valence-electron chi connectivity index (χ3n) is 2.38. The topological polar surface area (TPSA) is 62.7 Å². The van der Waals surface area contributed by atoms with E-state index in [-0.39, 0.29) is 5.54 Å². The van der Waals surface area contributed by atoms with Crippen molar-refractivity contribution in [2.75, 3.05) is 10.6 Å². The van der Waals surface area contributed by atoms with Crippen molar-refractivity contribution in [2.24, 2.45) is 0 Å². The van der Waals surface area contributed by atoms with Crippen LogP contribution in [0.15, 0.2) is 30.7 Å². The molecule has 2 rings (SSSR count). The van der Waals surface area contributed by atoms with Crippen LogP contribution in [0.25, 0.3) is 0 Å². The molecular weight excluding hydrogens is 238 g/mol. The first-order valence-electron chi connectivity index (χ1n) is 6.23. The Kier molecular flexibility index (Phi) is 3.64. The molecule has 0 radical (unpaired) electrons. The van der Waals surface area contributed by atoms with Gasteiger partial charge in [-0.15, -0.1) is 0 Å². The van der Waals surface area contributed by atoms with Gasteiger partial charge in [0.15, 0.2) is 0 Å². The number of nitrogens with zero attached hydrogens (tertiary/aromatic N) is 3. The van der Waals surface area contributed by atoms with Gasteiger partial charge in [-0.2, -0.15) is 4.98 Å². The van der Waals surface area contributed by atoms with Gasteiger partial charge in [0.2, 0.25) is 5.95 Å². The Balaban J connectivity index is 2.23.